The molecular weight excluding hydrogens is 212 g/mol. The number of amides is 2. The summed E-state index contributed by atoms with van der Waals surface area (Å²) in [5, 5.41) is 9.45. The Balaban J connectivity index is 1.84. The first-order valence-electron chi connectivity index (χ1n) is 5.54. The molecule has 2 fully saturated rings. The van der Waals surface area contributed by atoms with E-state index in [-0.39, 0.29) is 25.2 Å². The minimum atomic E-state index is -0.553. The number of nitrogens with zero attached hydrogens (tertiary/aromatic N) is 2. The number of piperidine rings is 1. The molecule has 2 aliphatic rings. The minimum Gasteiger partial charge on any atom is -0.447 e. The van der Waals surface area contributed by atoms with Crippen molar-refractivity contribution in [2.24, 2.45) is 0 Å². The molecule has 0 aromatic carbocycles. The molecule has 0 spiro atoms. The number of aliphatic hydroxyl groups is 1. The van der Waals surface area contributed by atoms with Crippen LogP contribution < -0.4 is 0 Å². The molecule has 6 heteroatoms. The van der Waals surface area contributed by atoms with Crippen LogP contribution in [0.5, 0.6) is 0 Å². The van der Waals surface area contributed by atoms with E-state index in [1.165, 1.54) is 0 Å². The van der Waals surface area contributed by atoms with Crippen molar-refractivity contribution in [2.45, 2.75) is 18.9 Å². The molecule has 0 aliphatic carbocycles. The average molecular weight is 228 g/mol. The van der Waals surface area contributed by atoms with Crippen molar-refractivity contribution in [1.82, 2.24) is 9.80 Å². The number of carbonyl (C=O) groups is 2. The zero-order valence-electron chi connectivity index (χ0n) is 9.09. The van der Waals surface area contributed by atoms with E-state index >= 15 is 0 Å². The summed E-state index contributed by atoms with van der Waals surface area (Å²) < 4.78 is 4.70. The molecule has 6 nitrogen and oxygen atoms in total. The number of hydrogen-bond acceptors (Lipinski definition) is 5. The van der Waals surface area contributed by atoms with E-state index in [1.807, 2.05) is 4.90 Å². The molecule has 1 N–H and O–H groups in total. The largest absolute Gasteiger partial charge is 0.447 e. The van der Waals surface area contributed by atoms with E-state index in [1.54, 1.807) is 0 Å². The quantitative estimate of drug-likeness (QED) is 0.685. The summed E-state index contributed by atoms with van der Waals surface area (Å²) in [6.07, 6.45) is 0.768. The lowest BCUT2D eigenvalue weighted by Crippen LogP contribution is -2.45. The molecule has 0 radical (unpaired) electrons. The van der Waals surface area contributed by atoms with Crippen molar-refractivity contribution < 1.29 is 19.4 Å². The maximum absolute atomic E-state index is 11.7. The van der Waals surface area contributed by atoms with Gasteiger partial charge in [0.25, 0.3) is 0 Å². The number of cyclic esters (lactones) is 1. The van der Waals surface area contributed by atoms with Crippen LogP contribution in [-0.4, -0.2) is 65.8 Å². The number of imide groups is 1. The van der Waals surface area contributed by atoms with Gasteiger partial charge in [0, 0.05) is 6.54 Å². The monoisotopic (exact) mass is 228 g/mol. The van der Waals surface area contributed by atoms with Gasteiger partial charge in [0.05, 0.1) is 19.2 Å². The highest BCUT2D eigenvalue weighted by molar-refractivity contribution is 5.94. The van der Waals surface area contributed by atoms with E-state index in [4.69, 9.17) is 4.74 Å². The van der Waals surface area contributed by atoms with Crippen LogP contribution in [0.1, 0.15) is 12.8 Å². The predicted octanol–water partition coefficient (Wildman–Crippen LogP) is -0.578. The SMILES string of the molecule is O=C(CN1CCCC(O)C1)N1CCOC1=O. The van der Waals surface area contributed by atoms with Gasteiger partial charge >= 0.3 is 6.09 Å². The Morgan fingerprint density at radius 1 is 1.50 bits per heavy atom. The van der Waals surface area contributed by atoms with E-state index in [0.29, 0.717) is 13.1 Å². The number of likely N-dealkylation sites (tertiary alicyclic amines) is 1. The van der Waals surface area contributed by atoms with Crippen LogP contribution in [0, 0.1) is 0 Å². The molecule has 16 heavy (non-hydrogen) atoms. The van der Waals surface area contributed by atoms with Gasteiger partial charge in [-0.15, -0.1) is 0 Å². The maximum atomic E-state index is 11.7. The Bertz CT molecular complexity index is 295. The van der Waals surface area contributed by atoms with Gasteiger partial charge in [0.15, 0.2) is 0 Å². The van der Waals surface area contributed by atoms with Gasteiger partial charge in [0.1, 0.15) is 6.61 Å². The minimum absolute atomic E-state index is 0.187. The van der Waals surface area contributed by atoms with Crippen molar-refractivity contribution in [3.63, 3.8) is 0 Å². The molecular formula is C10H16N2O4. The van der Waals surface area contributed by atoms with Crippen molar-refractivity contribution in [3.8, 4) is 0 Å². The smallest absolute Gasteiger partial charge is 0.416 e. The topological polar surface area (TPSA) is 70.1 Å². The van der Waals surface area contributed by atoms with Gasteiger partial charge in [-0.25, -0.2) is 9.69 Å². The van der Waals surface area contributed by atoms with Crippen molar-refractivity contribution in [3.05, 3.63) is 0 Å². The summed E-state index contributed by atoms with van der Waals surface area (Å²) in [4.78, 5) is 25.9. The third kappa shape index (κ3) is 2.51. The fourth-order valence-corrected chi connectivity index (χ4v) is 2.07. The highest BCUT2D eigenvalue weighted by Crippen LogP contribution is 2.11. The zero-order chi connectivity index (χ0) is 11.5. The summed E-state index contributed by atoms with van der Waals surface area (Å²) in [5.74, 6) is -0.239. The Hall–Kier alpha value is -1.14. The number of carbonyl (C=O) groups excluding carboxylic acids is 2. The molecule has 0 aromatic rings. The number of ether oxygens (including phenoxy) is 1. The second kappa shape index (κ2) is 4.80. The van der Waals surface area contributed by atoms with Crippen LogP contribution in [-0.2, 0) is 9.53 Å². The number of β-amino-alcohol motifs (C(OH)–C–C–N with tert-alkyl or cyclic N) is 1. The van der Waals surface area contributed by atoms with Gasteiger partial charge in [-0.05, 0) is 19.4 Å². The molecule has 2 aliphatic heterocycles. The average Bonchev–Trinajstić information content (AvgIpc) is 2.64. The van der Waals surface area contributed by atoms with Crippen molar-refractivity contribution in [2.75, 3.05) is 32.8 Å². The predicted molar refractivity (Wildman–Crippen MR) is 54.7 cm³/mol. The second-order valence-electron chi connectivity index (χ2n) is 4.19. The van der Waals surface area contributed by atoms with Crippen molar-refractivity contribution >= 4 is 12.0 Å². The molecule has 0 saturated carbocycles. The summed E-state index contributed by atoms with van der Waals surface area (Å²) in [6, 6.07) is 0. The van der Waals surface area contributed by atoms with Gasteiger partial charge < -0.3 is 9.84 Å². The molecule has 0 bridgehead atoms. The summed E-state index contributed by atoms with van der Waals surface area (Å²) in [5.41, 5.74) is 0. The number of aliphatic hydroxyl groups excluding tert-OH is 1. The maximum Gasteiger partial charge on any atom is 0.416 e. The highest BCUT2D eigenvalue weighted by atomic mass is 16.6. The van der Waals surface area contributed by atoms with E-state index in [0.717, 1.165) is 24.3 Å². The van der Waals surface area contributed by atoms with Crippen LogP contribution in [0.3, 0.4) is 0 Å². The lowest BCUT2D eigenvalue weighted by molar-refractivity contribution is -0.129. The fraction of sp³-hybridized carbons (Fsp3) is 0.800. The van der Waals surface area contributed by atoms with Gasteiger partial charge in [-0.3, -0.25) is 9.69 Å². The molecule has 1 unspecified atom stereocenters. The molecule has 2 rings (SSSR count). The standard InChI is InChI=1S/C10H16N2O4/c13-8-2-1-3-11(6-8)7-9(14)12-4-5-16-10(12)15/h8,13H,1-7H2. The normalized spacial score (nSPS) is 26.9. The first-order chi connectivity index (χ1) is 7.66. The Labute approximate surface area is 93.8 Å². The molecule has 90 valence electrons. The summed E-state index contributed by atoms with van der Waals surface area (Å²) in [7, 11) is 0. The van der Waals surface area contributed by atoms with Gasteiger partial charge in [-0.2, -0.15) is 0 Å². The molecule has 2 heterocycles. The number of rotatable bonds is 2. The zero-order valence-corrected chi connectivity index (χ0v) is 9.09. The molecule has 1 atom stereocenters. The lowest BCUT2D eigenvalue weighted by Gasteiger charge is -2.29. The van der Waals surface area contributed by atoms with Crippen LogP contribution in [0.15, 0.2) is 0 Å². The Morgan fingerprint density at radius 3 is 2.94 bits per heavy atom. The third-order valence-electron chi connectivity index (χ3n) is 2.90. The third-order valence-corrected chi connectivity index (χ3v) is 2.90. The van der Waals surface area contributed by atoms with E-state index in [9.17, 15) is 14.7 Å². The lowest BCUT2D eigenvalue weighted by atomic mass is 10.1. The van der Waals surface area contributed by atoms with Crippen LogP contribution in [0.2, 0.25) is 0 Å². The van der Waals surface area contributed by atoms with Gasteiger partial charge in [-0.1, -0.05) is 0 Å². The van der Waals surface area contributed by atoms with E-state index < -0.39 is 6.09 Å². The summed E-state index contributed by atoms with van der Waals surface area (Å²) in [6.45, 7) is 2.12. The number of hydrogen-bond donors (Lipinski definition) is 1. The first-order valence-corrected chi connectivity index (χ1v) is 5.54. The molecule has 0 aromatic heterocycles. The molecule has 2 amide bonds. The first kappa shape index (κ1) is 11.3. The second-order valence-corrected chi connectivity index (χ2v) is 4.19. The van der Waals surface area contributed by atoms with Crippen molar-refractivity contribution in [1.29, 1.82) is 0 Å². The molecule has 2 saturated heterocycles. The van der Waals surface area contributed by atoms with E-state index in [2.05, 4.69) is 0 Å². The highest BCUT2D eigenvalue weighted by Gasteiger charge is 2.30. The van der Waals surface area contributed by atoms with Gasteiger partial charge in [0.2, 0.25) is 5.91 Å². The Morgan fingerprint density at radius 2 is 2.31 bits per heavy atom. The summed E-state index contributed by atoms with van der Waals surface area (Å²) >= 11 is 0. The fourth-order valence-electron chi connectivity index (χ4n) is 2.07. The van der Waals surface area contributed by atoms with Crippen LogP contribution in [0.25, 0.3) is 0 Å². The van der Waals surface area contributed by atoms with Crippen LogP contribution in [0.4, 0.5) is 4.79 Å². The Kier molecular flexibility index (Phi) is 3.40. The van der Waals surface area contributed by atoms with Crippen LogP contribution >= 0.6 is 0 Å².